The van der Waals surface area contributed by atoms with Crippen molar-refractivity contribution in [2.75, 3.05) is 13.2 Å². The molecule has 0 unspecified atom stereocenters. The third kappa shape index (κ3) is 5.27. The molecule has 1 atom stereocenters. The number of benzene rings is 2. The van der Waals surface area contributed by atoms with E-state index >= 15 is 0 Å². The van der Waals surface area contributed by atoms with Gasteiger partial charge in [0.15, 0.2) is 11.5 Å². The summed E-state index contributed by atoms with van der Waals surface area (Å²) in [7, 11) is 0. The van der Waals surface area contributed by atoms with Gasteiger partial charge in [-0.1, -0.05) is 24.3 Å². The molecule has 2 heterocycles. The number of fused-ring (bicyclic) bond motifs is 1. The summed E-state index contributed by atoms with van der Waals surface area (Å²) in [5, 5.41) is 3.58. The van der Waals surface area contributed by atoms with Crippen molar-refractivity contribution in [3.8, 4) is 17.2 Å². The van der Waals surface area contributed by atoms with E-state index in [-0.39, 0.29) is 6.04 Å². The predicted octanol–water partition coefficient (Wildman–Crippen LogP) is 4.67. The number of nitrogens with one attached hydrogen (secondary N) is 1. The SMILES string of the molecule is C[C@H](NCc1cccc(OCc2cccnc2)c1)c1ccc2c(c1)OCCCO2. The fourth-order valence-corrected chi connectivity index (χ4v) is 3.23. The van der Waals surface area contributed by atoms with Crippen molar-refractivity contribution < 1.29 is 14.2 Å². The molecule has 4 rings (SSSR count). The first-order chi connectivity index (χ1) is 14.3. The minimum Gasteiger partial charge on any atom is -0.490 e. The maximum absolute atomic E-state index is 5.90. The van der Waals surface area contributed by atoms with Crippen molar-refractivity contribution in [3.63, 3.8) is 0 Å². The van der Waals surface area contributed by atoms with E-state index in [1.165, 1.54) is 11.1 Å². The summed E-state index contributed by atoms with van der Waals surface area (Å²) >= 11 is 0. The molecular weight excluding hydrogens is 364 g/mol. The van der Waals surface area contributed by atoms with Crippen LogP contribution in [0.5, 0.6) is 17.2 Å². The van der Waals surface area contributed by atoms with Crippen molar-refractivity contribution >= 4 is 0 Å². The molecule has 5 heteroatoms. The number of nitrogens with zero attached hydrogens (tertiary/aromatic N) is 1. The highest BCUT2D eigenvalue weighted by Crippen LogP contribution is 2.32. The average molecular weight is 390 g/mol. The average Bonchev–Trinajstić information content (AvgIpc) is 3.02. The van der Waals surface area contributed by atoms with E-state index in [0.717, 1.165) is 35.8 Å². The van der Waals surface area contributed by atoms with Gasteiger partial charge in [-0.05, 0) is 48.4 Å². The van der Waals surface area contributed by atoms with E-state index in [0.29, 0.717) is 19.8 Å². The Kier molecular flexibility index (Phi) is 6.27. The Morgan fingerprint density at radius 2 is 1.86 bits per heavy atom. The van der Waals surface area contributed by atoms with Gasteiger partial charge >= 0.3 is 0 Å². The van der Waals surface area contributed by atoms with Crippen LogP contribution in [0.25, 0.3) is 0 Å². The van der Waals surface area contributed by atoms with Gasteiger partial charge in [-0.25, -0.2) is 0 Å². The van der Waals surface area contributed by atoms with E-state index in [1.807, 2.05) is 36.5 Å². The van der Waals surface area contributed by atoms with Crippen molar-refractivity contribution in [1.82, 2.24) is 10.3 Å². The molecular formula is C24H26N2O3. The first kappa shape index (κ1) is 19.3. The summed E-state index contributed by atoms with van der Waals surface area (Å²) in [6.45, 7) is 4.82. The smallest absolute Gasteiger partial charge is 0.161 e. The van der Waals surface area contributed by atoms with Crippen LogP contribution in [-0.2, 0) is 13.2 Å². The lowest BCUT2D eigenvalue weighted by molar-refractivity contribution is 0.297. The Labute approximate surface area is 171 Å². The highest BCUT2D eigenvalue weighted by Gasteiger charge is 2.13. The van der Waals surface area contributed by atoms with Crippen LogP contribution in [-0.4, -0.2) is 18.2 Å². The maximum atomic E-state index is 5.90. The Morgan fingerprint density at radius 3 is 2.72 bits per heavy atom. The number of ether oxygens (including phenoxy) is 3. The summed E-state index contributed by atoms with van der Waals surface area (Å²) in [5.41, 5.74) is 3.41. The van der Waals surface area contributed by atoms with Crippen molar-refractivity contribution in [1.29, 1.82) is 0 Å². The molecule has 0 amide bonds. The van der Waals surface area contributed by atoms with Crippen LogP contribution in [0.3, 0.4) is 0 Å². The first-order valence-corrected chi connectivity index (χ1v) is 10.0. The van der Waals surface area contributed by atoms with E-state index < -0.39 is 0 Å². The van der Waals surface area contributed by atoms with Crippen molar-refractivity contribution in [2.45, 2.75) is 32.5 Å². The zero-order valence-corrected chi connectivity index (χ0v) is 16.6. The molecule has 2 aromatic carbocycles. The molecule has 0 saturated carbocycles. The predicted molar refractivity (Wildman–Crippen MR) is 112 cm³/mol. The summed E-state index contributed by atoms with van der Waals surface area (Å²) in [4.78, 5) is 4.12. The van der Waals surface area contributed by atoms with Gasteiger partial charge in [0.25, 0.3) is 0 Å². The third-order valence-corrected chi connectivity index (χ3v) is 4.91. The number of hydrogen-bond acceptors (Lipinski definition) is 5. The number of aromatic nitrogens is 1. The normalized spacial score (nSPS) is 14.1. The highest BCUT2D eigenvalue weighted by molar-refractivity contribution is 5.44. The molecule has 0 aliphatic carbocycles. The van der Waals surface area contributed by atoms with Crippen LogP contribution in [0, 0.1) is 0 Å². The third-order valence-electron chi connectivity index (χ3n) is 4.91. The molecule has 0 fully saturated rings. The molecule has 1 aliphatic rings. The van der Waals surface area contributed by atoms with E-state index in [4.69, 9.17) is 14.2 Å². The second-order valence-corrected chi connectivity index (χ2v) is 7.16. The molecule has 1 aromatic heterocycles. The van der Waals surface area contributed by atoms with Crippen molar-refractivity contribution in [3.05, 3.63) is 83.7 Å². The van der Waals surface area contributed by atoms with Crippen LogP contribution in [0.1, 0.15) is 36.1 Å². The van der Waals surface area contributed by atoms with E-state index in [2.05, 4.69) is 41.5 Å². The van der Waals surface area contributed by atoms with Gasteiger partial charge in [0, 0.05) is 37.0 Å². The lowest BCUT2D eigenvalue weighted by atomic mass is 10.1. The molecule has 0 bridgehead atoms. The summed E-state index contributed by atoms with van der Waals surface area (Å²) < 4.78 is 17.4. The summed E-state index contributed by atoms with van der Waals surface area (Å²) in [6.07, 6.45) is 4.50. The second kappa shape index (κ2) is 9.43. The fourth-order valence-electron chi connectivity index (χ4n) is 3.23. The Hall–Kier alpha value is -3.05. The largest absolute Gasteiger partial charge is 0.490 e. The minimum atomic E-state index is 0.187. The van der Waals surface area contributed by atoms with E-state index in [9.17, 15) is 0 Å². The van der Waals surface area contributed by atoms with Gasteiger partial charge in [0.1, 0.15) is 12.4 Å². The van der Waals surface area contributed by atoms with Gasteiger partial charge in [0.2, 0.25) is 0 Å². The van der Waals surface area contributed by atoms with Crippen LogP contribution in [0.2, 0.25) is 0 Å². The van der Waals surface area contributed by atoms with Gasteiger partial charge in [-0.3, -0.25) is 4.98 Å². The Morgan fingerprint density at radius 1 is 1.00 bits per heavy atom. The quantitative estimate of drug-likeness (QED) is 0.635. The fraction of sp³-hybridized carbons (Fsp3) is 0.292. The van der Waals surface area contributed by atoms with Crippen molar-refractivity contribution in [2.24, 2.45) is 0 Å². The Bertz CT molecular complexity index is 930. The van der Waals surface area contributed by atoms with Crippen LogP contribution in [0.4, 0.5) is 0 Å². The number of hydrogen-bond donors (Lipinski definition) is 1. The molecule has 5 nitrogen and oxygen atoms in total. The molecule has 0 radical (unpaired) electrons. The van der Waals surface area contributed by atoms with Gasteiger partial charge in [-0.2, -0.15) is 0 Å². The lowest BCUT2D eigenvalue weighted by Gasteiger charge is -2.17. The Balaban J connectivity index is 1.34. The molecule has 29 heavy (non-hydrogen) atoms. The molecule has 3 aromatic rings. The zero-order valence-electron chi connectivity index (χ0n) is 16.6. The first-order valence-electron chi connectivity index (χ1n) is 10.0. The lowest BCUT2D eigenvalue weighted by Crippen LogP contribution is -2.18. The topological polar surface area (TPSA) is 52.6 Å². The van der Waals surface area contributed by atoms with Gasteiger partial charge in [-0.15, -0.1) is 0 Å². The standard InChI is InChI=1S/C24H26N2O3/c1-18(21-8-9-23-24(14-21)28-12-4-11-27-23)26-16-19-5-2-7-22(13-19)29-17-20-6-3-10-25-15-20/h2-3,5-10,13-15,18,26H,4,11-12,16-17H2,1H3/t18-/m0/s1. The summed E-state index contributed by atoms with van der Waals surface area (Å²) in [5.74, 6) is 2.52. The molecule has 0 spiro atoms. The van der Waals surface area contributed by atoms with Crippen LogP contribution < -0.4 is 19.5 Å². The van der Waals surface area contributed by atoms with E-state index in [1.54, 1.807) is 6.20 Å². The number of pyridine rings is 1. The molecule has 1 N–H and O–H groups in total. The number of rotatable bonds is 7. The molecule has 1 aliphatic heterocycles. The monoisotopic (exact) mass is 390 g/mol. The zero-order chi connectivity index (χ0) is 19.9. The molecule has 0 saturated heterocycles. The van der Waals surface area contributed by atoms with Crippen LogP contribution in [0.15, 0.2) is 67.0 Å². The molecule has 150 valence electrons. The minimum absolute atomic E-state index is 0.187. The van der Waals surface area contributed by atoms with Gasteiger partial charge in [0.05, 0.1) is 13.2 Å². The van der Waals surface area contributed by atoms with Crippen LogP contribution >= 0.6 is 0 Å². The second-order valence-electron chi connectivity index (χ2n) is 7.16. The van der Waals surface area contributed by atoms with Gasteiger partial charge < -0.3 is 19.5 Å². The highest BCUT2D eigenvalue weighted by atomic mass is 16.5. The summed E-state index contributed by atoms with van der Waals surface area (Å²) in [6, 6.07) is 18.5. The maximum Gasteiger partial charge on any atom is 0.161 e.